The van der Waals surface area contributed by atoms with Crippen molar-refractivity contribution in [2.75, 3.05) is 11.9 Å². The molecule has 0 amide bonds. The quantitative estimate of drug-likeness (QED) is 0.849. The third-order valence-corrected chi connectivity index (χ3v) is 4.21. The number of benzene rings is 1. The zero-order chi connectivity index (χ0) is 14.1. The largest absolute Gasteiger partial charge is 0.385 e. The molecule has 1 aliphatic carbocycles. The molecule has 3 rings (SSSR count). The summed E-state index contributed by atoms with van der Waals surface area (Å²) in [4.78, 5) is 4.57. The average molecular weight is 293 g/mol. The topological polar surface area (TPSA) is 24.9 Å². The number of hydrogen-bond acceptors (Lipinski definition) is 2. The van der Waals surface area contributed by atoms with Crippen LogP contribution in [0.3, 0.4) is 0 Å². The summed E-state index contributed by atoms with van der Waals surface area (Å²) in [5, 5.41) is 4.47. The van der Waals surface area contributed by atoms with E-state index in [0.29, 0.717) is 16.5 Å². The molecular formula is C16H18ClFN2. The molecule has 0 aliphatic heterocycles. The molecule has 1 aliphatic rings. The number of nitrogens with one attached hydrogen (secondary N) is 1. The average Bonchev–Trinajstić information content (AvgIpc) is 2.93. The van der Waals surface area contributed by atoms with Gasteiger partial charge in [0.2, 0.25) is 0 Å². The van der Waals surface area contributed by atoms with Crippen molar-refractivity contribution < 1.29 is 4.39 Å². The number of aromatic nitrogens is 1. The van der Waals surface area contributed by atoms with E-state index in [-0.39, 0.29) is 5.82 Å². The Kier molecular flexibility index (Phi) is 3.79. The highest BCUT2D eigenvalue weighted by atomic mass is 35.5. The Balaban J connectivity index is 2.19. The first-order valence-electron chi connectivity index (χ1n) is 7.22. The third-order valence-electron chi connectivity index (χ3n) is 3.99. The maximum Gasteiger partial charge on any atom is 0.150 e. The number of fused-ring (bicyclic) bond motifs is 1. The molecule has 1 heterocycles. The van der Waals surface area contributed by atoms with Gasteiger partial charge in [-0.2, -0.15) is 0 Å². The lowest BCUT2D eigenvalue weighted by atomic mass is 10.0. The van der Waals surface area contributed by atoms with E-state index in [4.69, 9.17) is 11.6 Å². The Morgan fingerprint density at radius 1 is 1.30 bits per heavy atom. The van der Waals surface area contributed by atoms with Crippen LogP contribution in [0.2, 0.25) is 5.02 Å². The van der Waals surface area contributed by atoms with Gasteiger partial charge in [-0.3, -0.25) is 0 Å². The molecule has 106 valence electrons. The molecule has 1 saturated carbocycles. The van der Waals surface area contributed by atoms with Gasteiger partial charge in [-0.05, 0) is 38.0 Å². The maximum absolute atomic E-state index is 14.2. The Morgan fingerprint density at radius 2 is 2.05 bits per heavy atom. The fraction of sp³-hybridized carbons (Fsp3) is 0.438. The molecular weight excluding hydrogens is 275 g/mol. The zero-order valence-corrected chi connectivity index (χ0v) is 12.3. The van der Waals surface area contributed by atoms with E-state index < -0.39 is 0 Å². The molecule has 0 saturated heterocycles. The number of anilines is 1. The number of rotatable bonds is 3. The Hall–Kier alpha value is -1.35. The second-order valence-electron chi connectivity index (χ2n) is 5.39. The van der Waals surface area contributed by atoms with Crippen LogP contribution in [0, 0.1) is 5.82 Å². The van der Waals surface area contributed by atoms with Gasteiger partial charge < -0.3 is 5.32 Å². The van der Waals surface area contributed by atoms with E-state index in [9.17, 15) is 4.39 Å². The summed E-state index contributed by atoms with van der Waals surface area (Å²) in [6.07, 6.45) is 4.78. The predicted molar refractivity (Wildman–Crippen MR) is 82.1 cm³/mol. The van der Waals surface area contributed by atoms with Gasteiger partial charge in [0.15, 0.2) is 5.82 Å². The van der Waals surface area contributed by atoms with Crippen molar-refractivity contribution in [2.45, 2.75) is 38.5 Å². The number of nitrogens with zero attached hydrogens (tertiary/aromatic N) is 1. The Bertz CT molecular complexity index is 636. The van der Waals surface area contributed by atoms with E-state index in [1.165, 1.54) is 18.9 Å². The van der Waals surface area contributed by atoms with E-state index in [1.807, 2.05) is 6.92 Å². The first-order chi connectivity index (χ1) is 9.69. The van der Waals surface area contributed by atoms with Gasteiger partial charge in [0, 0.05) is 34.3 Å². The summed E-state index contributed by atoms with van der Waals surface area (Å²) < 4.78 is 14.2. The normalized spacial score (nSPS) is 15.9. The van der Waals surface area contributed by atoms with Crippen LogP contribution in [-0.4, -0.2) is 11.5 Å². The molecule has 0 radical (unpaired) electrons. The van der Waals surface area contributed by atoms with Crippen molar-refractivity contribution in [3.05, 3.63) is 34.7 Å². The molecule has 2 aromatic rings. The molecule has 0 atom stereocenters. The maximum atomic E-state index is 14.2. The molecule has 0 spiro atoms. The summed E-state index contributed by atoms with van der Waals surface area (Å²) in [6, 6.07) is 5.19. The predicted octanol–water partition coefficient (Wildman–Crippen LogP) is 5.12. The van der Waals surface area contributed by atoms with E-state index in [1.54, 1.807) is 6.07 Å². The highest BCUT2D eigenvalue weighted by Crippen LogP contribution is 2.37. The second-order valence-corrected chi connectivity index (χ2v) is 5.83. The molecule has 1 aromatic carbocycles. The molecule has 20 heavy (non-hydrogen) atoms. The number of halogens is 2. The van der Waals surface area contributed by atoms with E-state index in [0.717, 1.165) is 36.2 Å². The van der Waals surface area contributed by atoms with Crippen LogP contribution in [-0.2, 0) is 0 Å². The van der Waals surface area contributed by atoms with Crippen LogP contribution < -0.4 is 5.32 Å². The lowest BCUT2D eigenvalue weighted by Crippen LogP contribution is -2.04. The SMILES string of the molecule is CCNc1cc(C2CCCC2)nc2c(F)cc(Cl)cc12. The van der Waals surface area contributed by atoms with Crippen LogP contribution in [0.25, 0.3) is 10.9 Å². The summed E-state index contributed by atoms with van der Waals surface area (Å²) in [6.45, 7) is 2.82. The minimum atomic E-state index is -0.341. The first-order valence-corrected chi connectivity index (χ1v) is 7.60. The van der Waals surface area contributed by atoms with Crippen molar-refractivity contribution >= 4 is 28.2 Å². The minimum absolute atomic E-state index is 0.341. The summed E-state index contributed by atoms with van der Waals surface area (Å²) >= 11 is 5.97. The monoisotopic (exact) mass is 292 g/mol. The van der Waals surface area contributed by atoms with E-state index >= 15 is 0 Å². The molecule has 1 aromatic heterocycles. The van der Waals surface area contributed by atoms with Gasteiger partial charge in [-0.25, -0.2) is 9.37 Å². The summed E-state index contributed by atoms with van der Waals surface area (Å²) in [7, 11) is 0. The minimum Gasteiger partial charge on any atom is -0.385 e. The van der Waals surface area contributed by atoms with Gasteiger partial charge in [-0.1, -0.05) is 24.4 Å². The summed E-state index contributed by atoms with van der Waals surface area (Å²) in [5.41, 5.74) is 2.36. The molecule has 2 nitrogen and oxygen atoms in total. The number of hydrogen-bond donors (Lipinski definition) is 1. The molecule has 0 bridgehead atoms. The fourth-order valence-corrected chi connectivity index (χ4v) is 3.24. The number of pyridine rings is 1. The van der Waals surface area contributed by atoms with Gasteiger partial charge in [0.25, 0.3) is 0 Å². The van der Waals surface area contributed by atoms with Crippen LogP contribution >= 0.6 is 11.6 Å². The van der Waals surface area contributed by atoms with Crippen molar-refractivity contribution in [1.82, 2.24) is 4.98 Å². The van der Waals surface area contributed by atoms with Crippen LogP contribution in [0.15, 0.2) is 18.2 Å². The zero-order valence-electron chi connectivity index (χ0n) is 11.5. The van der Waals surface area contributed by atoms with Crippen molar-refractivity contribution in [1.29, 1.82) is 0 Å². The summed E-state index contributed by atoms with van der Waals surface area (Å²) in [5.74, 6) is 0.124. The van der Waals surface area contributed by atoms with Gasteiger partial charge >= 0.3 is 0 Å². The first kappa shape index (κ1) is 13.6. The molecule has 1 fully saturated rings. The van der Waals surface area contributed by atoms with Crippen molar-refractivity contribution in [3.63, 3.8) is 0 Å². The highest BCUT2D eigenvalue weighted by Gasteiger charge is 2.21. The lowest BCUT2D eigenvalue weighted by Gasteiger charge is -2.15. The van der Waals surface area contributed by atoms with Gasteiger partial charge in [0.1, 0.15) is 5.52 Å². The van der Waals surface area contributed by atoms with Crippen molar-refractivity contribution in [3.8, 4) is 0 Å². The van der Waals surface area contributed by atoms with Crippen molar-refractivity contribution in [2.24, 2.45) is 0 Å². The Morgan fingerprint density at radius 3 is 2.75 bits per heavy atom. The second kappa shape index (κ2) is 5.57. The standard InChI is InChI=1S/C16H18ClFN2/c1-2-19-15-9-14(10-5-3-4-6-10)20-16-12(15)7-11(17)8-13(16)18/h7-10H,2-6H2,1H3,(H,19,20). The highest BCUT2D eigenvalue weighted by molar-refractivity contribution is 6.31. The van der Waals surface area contributed by atoms with Crippen LogP contribution in [0.1, 0.15) is 44.2 Å². The fourth-order valence-electron chi connectivity index (χ4n) is 3.04. The van der Waals surface area contributed by atoms with E-state index in [2.05, 4.69) is 16.4 Å². The van der Waals surface area contributed by atoms with Gasteiger partial charge in [0.05, 0.1) is 0 Å². The smallest absolute Gasteiger partial charge is 0.150 e. The Labute approximate surface area is 123 Å². The molecule has 0 unspecified atom stereocenters. The van der Waals surface area contributed by atoms with Gasteiger partial charge in [-0.15, -0.1) is 0 Å². The third kappa shape index (κ3) is 2.47. The molecule has 4 heteroatoms. The molecule has 1 N–H and O–H groups in total. The van der Waals surface area contributed by atoms with Crippen LogP contribution in [0.5, 0.6) is 0 Å². The lowest BCUT2D eigenvalue weighted by molar-refractivity contribution is 0.633. The van der Waals surface area contributed by atoms with Crippen LogP contribution in [0.4, 0.5) is 10.1 Å².